The van der Waals surface area contributed by atoms with Gasteiger partial charge in [0, 0.05) is 25.0 Å². The summed E-state index contributed by atoms with van der Waals surface area (Å²) in [5.41, 5.74) is 10.0. The number of benzene rings is 1. The van der Waals surface area contributed by atoms with Crippen molar-refractivity contribution in [3.8, 4) is 0 Å². The van der Waals surface area contributed by atoms with Crippen molar-refractivity contribution in [2.24, 2.45) is 5.73 Å². The van der Waals surface area contributed by atoms with Crippen molar-refractivity contribution in [2.45, 2.75) is 32.5 Å². The van der Waals surface area contributed by atoms with E-state index < -0.39 is 0 Å². The Morgan fingerprint density at radius 1 is 1.20 bits per heavy atom. The quantitative estimate of drug-likeness (QED) is 0.907. The first-order valence-corrected chi connectivity index (χ1v) is 7.00. The Morgan fingerprint density at radius 3 is 2.55 bits per heavy atom. The molecule has 0 saturated heterocycles. The van der Waals surface area contributed by atoms with Crippen LogP contribution in [0, 0.1) is 6.92 Å². The molecule has 1 heterocycles. The molecule has 2 unspecified atom stereocenters. The zero-order chi connectivity index (χ0) is 14.5. The van der Waals surface area contributed by atoms with Gasteiger partial charge in [-0.15, -0.1) is 0 Å². The van der Waals surface area contributed by atoms with Gasteiger partial charge in [0.2, 0.25) is 0 Å². The molecule has 0 saturated carbocycles. The van der Waals surface area contributed by atoms with Crippen molar-refractivity contribution >= 4 is 0 Å². The maximum Gasteiger partial charge on any atom is 0.0512 e. The molecule has 0 spiro atoms. The van der Waals surface area contributed by atoms with E-state index in [0.29, 0.717) is 0 Å². The number of hydrogen-bond acceptors (Lipinski definition) is 3. The van der Waals surface area contributed by atoms with Gasteiger partial charge in [0.15, 0.2) is 0 Å². The Labute approximate surface area is 121 Å². The fraction of sp³-hybridized carbons (Fsp3) is 0.353. The number of nitrogens with zero attached hydrogens (tertiary/aromatic N) is 2. The zero-order valence-electron chi connectivity index (χ0n) is 12.5. The molecule has 0 aliphatic rings. The molecular formula is C17H23N3. The fourth-order valence-corrected chi connectivity index (χ4v) is 2.66. The monoisotopic (exact) mass is 269 g/mol. The highest BCUT2D eigenvalue weighted by atomic mass is 15.1. The first-order chi connectivity index (χ1) is 9.59. The average Bonchev–Trinajstić information content (AvgIpc) is 2.42. The normalized spacial score (nSPS) is 14.2. The zero-order valence-corrected chi connectivity index (χ0v) is 12.5. The van der Waals surface area contributed by atoms with Gasteiger partial charge in [0.1, 0.15) is 0 Å². The van der Waals surface area contributed by atoms with Crippen LogP contribution in [0.4, 0.5) is 0 Å². The van der Waals surface area contributed by atoms with Crippen molar-refractivity contribution in [1.29, 1.82) is 0 Å². The molecule has 2 atom stereocenters. The van der Waals surface area contributed by atoms with Gasteiger partial charge < -0.3 is 5.73 Å². The number of aromatic nitrogens is 1. The third kappa shape index (κ3) is 3.44. The van der Waals surface area contributed by atoms with Crippen molar-refractivity contribution in [2.75, 3.05) is 7.05 Å². The molecule has 2 rings (SSSR count). The topological polar surface area (TPSA) is 42.2 Å². The predicted octanol–water partition coefficient (Wildman–Crippen LogP) is 2.91. The molecule has 2 aromatic rings. The van der Waals surface area contributed by atoms with Crippen molar-refractivity contribution < 1.29 is 0 Å². The van der Waals surface area contributed by atoms with E-state index in [-0.39, 0.29) is 12.1 Å². The SMILES string of the molecule is Cc1ccccc1CN(C)C(c1cccnc1)C(C)N. The van der Waals surface area contributed by atoms with Gasteiger partial charge in [-0.3, -0.25) is 9.88 Å². The molecule has 0 aliphatic heterocycles. The van der Waals surface area contributed by atoms with E-state index >= 15 is 0 Å². The molecule has 3 nitrogen and oxygen atoms in total. The Morgan fingerprint density at radius 2 is 1.95 bits per heavy atom. The molecule has 20 heavy (non-hydrogen) atoms. The number of pyridine rings is 1. The van der Waals surface area contributed by atoms with E-state index in [1.807, 2.05) is 19.2 Å². The first-order valence-electron chi connectivity index (χ1n) is 7.00. The second kappa shape index (κ2) is 6.64. The van der Waals surface area contributed by atoms with Gasteiger partial charge in [-0.05, 0) is 43.7 Å². The van der Waals surface area contributed by atoms with Crippen LogP contribution in [0.25, 0.3) is 0 Å². The minimum absolute atomic E-state index is 0.0493. The van der Waals surface area contributed by atoms with Gasteiger partial charge >= 0.3 is 0 Å². The lowest BCUT2D eigenvalue weighted by molar-refractivity contribution is 0.210. The minimum atomic E-state index is 0.0493. The second-order valence-corrected chi connectivity index (χ2v) is 5.43. The van der Waals surface area contributed by atoms with E-state index in [0.717, 1.165) is 6.54 Å². The van der Waals surface area contributed by atoms with Crippen molar-refractivity contribution in [3.63, 3.8) is 0 Å². The maximum absolute atomic E-state index is 6.19. The highest BCUT2D eigenvalue weighted by Crippen LogP contribution is 2.24. The third-order valence-corrected chi connectivity index (χ3v) is 3.68. The molecule has 3 heteroatoms. The average molecular weight is 269 g/mol. The molecule has 0 aliphatic carbocycles. The number of nitrogens with two attached hydrogens (primary N) is 1. The van der Waals surface area contributed by atoms with E-state index in [1.54, 1.807) is 6.20 Å². The fourth-order valence-electron chi connectivity index (χ4n) is 2.66. The Bertz CT molecular complexity index is 537. The first kappa shape index (κ1) is 14.7. The van der Waals surface area contributed by atoms with Gasteiger partial charge in [-0.2, -0.15) is 0 Å². The van der Waals surface area contributed by atoms with E-state index in [4.69, 9.17) is 5.73 Å². The summed E-state index contributed by atoms with van der Waals surface area (Å²) in [6.45, 7) is 5.08. The summed E-state index contributed by atoms with van der Waals surface area (Å²) in [4.78, 5) is 6.51. The lowest BCUT2D eigenvalue weighted by atomic mass is 10.00. The molecule has 0 fully saturated rings. The molecule has 0 bridgehead atoms. The van der Waals surface area contributed by atoms with Crippen LogP contribution in [-0.4, -0.2) is 23.0 Å². The van der Waals surface area contributed by atoms with Crippen LogP contribution in [0.15, 0.2) is 48.8 Å². The maximum atomic E-state index is 6.19. The van der Waals surface area contributed by atoms with Crippen LogP contribution in [-0.2, 0) is 6.54 Å². The van der Waals surface area contributed by atoms with Crippen LogP contribution < -0.4 is 5.73 Å². The largest absolute Gasteiger partial charge is 0.326 e. The molecule has 106 valence electrons. The minimum Gasteiger partial charge on any atom is -0.326 e. The number of likely N-dealkylation sites (N-methyl/N-ethyl adjacent to an activating group) is 1. The summed E-state index contributed by atoms with van der Waals surface area (Å²) in [6.07, 6.45) is 3.70. The number of rotatable bonds is 5. The highest BCUT2D eigenvalue weighted by Gasteiger charge is 2.21. The molecule has 1 aromatic carbocycles. The van der Waals surface area contributed by atoms with Crippen LogP contribution in [0.2, 0.25) is 0 Å². The van der Waals surface area contributed by atoms with Crippen LogP contribution in [0.3, 0.4) is 0 Å². The van der Waals surface area contributed by atoms with Gasteiger partial charge in [0.25, 0.3) is 0 Å². The van der Waals surface area contributed by atoms with Crippen molar-refractivity contribution in [3.05, 3.63) is 65.5 Å². The summed E-state index contributed by atoms with van der Waals surface area (Å²) in [6, 6.07) is 12.8. The lowest BCUT2D eigenvalue weighted by Crippen LogP contribution is -2.37. The summed E-state index contributed by atoms with van der Waals surface area (Å²) < 4.78 is 0. The Kier molecular flexibility index (Phi) is 4.88. The number of aryl methyl sites for hydroxylation is 1. The smallest absolute Gasteiger partial charge is 0.0512 e. The molecule has 0 radical (unpaired) electrons. The van der Waals surface area contributed by atoms with E-state index in [9.17, 15) is 0 Å². The van der Waals surface area contributed by atoms with Crippen LogP contribution >= 0.6 is 0 Å². The summed E-state index contributed by atoms with van der Waals surface area (Å²) in [7, 11) is 2.12. The highest BCUT2D eigenvalue weighted by molar-refractivity contribution is 5.26. The Hall–Kier alpha value is -1.71. The lowest BCUT2D eigenvalue weighted by Gasteiger charge is -2.31. The Balaban J connectivity index is 2.20. The van der Waals surface area contributed by atoms with Gasteiger partial charge in [-0.1, -0.05) is 30.3 Å². The molecule has 2 N–H and O–H groups in total. The van der Waals surface area contributed by atoms with Crippen LogP contribution in [0.5, 0.6) is 0 Å². The summed E-state index contributed by atoms with van der Waals surface area (Å²) in [5.74, 6) is 0. The number of hydrogen-bond donors (Lipinski definition) is 1. The summed E-state index contributed by atoms with van der Waals surface area (Å²) >= 11 is 0. The van der Waals surface area contributed by atoms with Crippen molar-refractivity contribution in [1.82, 2.24) is 9.88 Å². The molecule has 1 aromatic heterocycles. The summed E-state index contributed by atoms with van der Waals surface area (Å²) in [5, 5.41) is 0. The third-order valence-electron chi connectivity index (χ3n) is 3.68. The predicted molar refractivity (Wildman–Crippen MR) is 83.3 cm³/mol. The van der Waals surface area contributed by atoms with Gasteiger partial charge in [0.05, 0.1) is 6.04 Å². The second-order valence-electron chi connectivity index (χ2n) is 5.43. The molecule has 0 amide bonds. The van der Waals surface area contributed by atoms with Gasteiger partial charge in [-0.25, -0.2) is 0 Å². The van der Waals surface area contributed by atoms with E-state index in [2.05, 4.69) is 54.2 Å². The standard InChI is InChI=1S/C17H23N3/c1-13-7-4-5-8-16(13)12-20(3)17(14(2)18)15-9-6-10-19-11-15/h4-11,14,17H,12,18H2,1-3H3. The van der Waals surface area contributed by atoms with Crippen LogP contribution in [0.1, 0.15) is 29.7 Å². The van der Waals surface area contributed by atoms with E-state index in [1.165, 1.54) is 16.7 Å². The molecular weight excluding hydrogens is 246 g/mol.